The lowest BCUT2D eigenvalue weighted by molar-refractivity contribution is -0.00245. The van der Waals surface area contributed by atoms with Crippen LogP contribution in [0.2, 0.25) is 0 Å². The second kappa shape index (κ2) is 8.31. The van der Waals surface area contributed by atoms with Gasteiger partial charge >= 0.3 is 0 Å². The maximum Gasteiger partial charge on any atom is 0.182 e. The minimum absolute atomic E-state index is 0.0293. The lowest BCUT2D eigenvalue weighted by atomic mass is 10.1. The summed E-state index contributed by atoms with van der Waals surface area (Å²) >= 11 is 0. The van der Waals surface area contributed by atoms with Gasteiger partial charge in [0, 0.05) is 26.2 Å². The van der Waals surface area contributed by atoms with Crippen molar-refractivity contribution in [3.63, 3.8) is 0 Å². The molecule has 1 saturated heterocycles. The maximum absolute atomic E-state index is 12.7. The predicted molar refractivity (Wildman–Crippen MR) is 100 cm³/mol. The van der Waals surface area contributed by atoms with Gasteiger partial charge in [0.1, 0.15) is 0 Å². The molecular formula is C20H25NO4S. The van der Waals surface area contributed by atoms with E-state index in [9.17, 15) is 13.5 Å². The molecule has 0 amide bonds. The van der Waals surface area contributed by atoms with Crippen LogP contribution in [0.25, 0.3) is 0 Å². The summed E-state index contributed by atoms with van der Waals surface area (Å²) in [7, 11) is -3.39. The third-order valence-electron chi connectivity index (χ3n) is 4.65. The van der Waals surface area contributed by atoms with E-state index in [1.54, 1.807) is 30.3 Å². The fourth-order valence-corrected chi connectivity index (χ4v) is 4.78. The Labute approximate surface area is 155 Å². The highest BCUT2D eigenvalue weighted by molar-refractivity contribution is 7.90. The fourth-order valence-electron chi connectivity index (χ4n) is 3.35. The molecule has 1 N–H and O–H groups in total. The van der Waals surface area contributed by atoms with Crippen molar-refractivity contribution in [3.8, 4) is 0 Å². The van der Waals surface area contributed by atoms with Gasteiger partial charge in [-0.3, -0.25) is 4.90 Å². The predicted octanol–water partition coefficient (Wildman–Crippen LogP) is 2.24. The van der Waals surface area contributed by atoms with Gasteiger partial charge in [-0.1, -0.05) is 42.5 Å². The van der Waals surface area contributed by atoms with Crippen molar-refractivity contribution in [3.05, 3.63) is 65.7 Å². The van der Waals surface area contributed by atoms with Crippen molar-refractivity contribution < 1.29 is 18.3 Å². The molecule has 1 aliphatic rings. The molecule has 2 atom stereocenters. The monoisotopic (exact) mass is 375 g/mol. The van der Waals surface area contributed by atoms with Gasteiger partial charge in [-0.2, -0.15) is 0 Å². The van der Waals surface area contributed by atoms with Crippen LogP contribution in [-0.2, 0) is 26.9 Å². The Morgan fingerprint density at radius 3 is 2.38 bits per heavy atom. The van der Waals surface area contributed by atoms with E-state index >= 15 is 0 Å². The smallest absolute Gasteiger partial charge is 0.182 e. The van der Waals surface area contributed by atoms with Crippen molar-refractivity contribution in [1.82, 2.24) is 4.90 Å². The normalized spacial score (nSPS) is 21.2. The molecule has 0 bridgehead atoms. The molecule has 0 radical (unpaired) electrons. The van der Waals surface area contributed by atoms with Crippen LogP contribution in [-0.4, -0.2) is 50.3 Å². The summed E-state index contributed by atoms with van der Waals surface area (Å²) in [6.07, 6.45) is -0.685. The first-order chi connectivity index (χ1) is 12.5. The van der Waals surface area contributed by atoms with E-state index in [1.165, 1.54) is 0 Å². The number of aliphatic hydroxyl groups is 1. The van der Waals surface area contributed by atoms with Crippen molar-refractivity contribution in [2.75, 3.05) is 19.7 Å². The van der Waals surface area contributed by atoms with Gasteiger partial charge in [0.2, 0.25) is 0 Å². The molecule has 2 aromatic rings. The second-order valence-electron chi connectivity index (χ2n) is 6.60. The Morgan fingerprint density at radius 1 is 1.04 bits per heavy atom. The zero-order chi connectivity index (χ0) is 18.6. The summed E-state index contributed by atoms with van der Waals surface area (Å²) < 4.78 is 31.0. The van der Waals surface area contributed by atoms with Gasteiger partial charge in [0.15, 0.2) is 9.84 Å². The number of ether oxygens (including phenoxy) is 1. The number of likely N-dealkylation sites (tertiary alicyclic amines) is 1. The lowest BCUT2D eigenvalue weighted by Crippen LogP contribution is -2.26. The molecule has 140 valence electrons. The van der Waals surface area contributed by atoms with Crippen LogP contribution < -0.4 is 0 Å². The van der Waals surface area contributed by atoms with E-state index in [0.717, 1.165) is 11.1 Å². The summed E-state index contributed by atoms with van der Waals surface area (Å²) in [6, 6.07) is 16.1. The quantitative estimate of drug-likeness (QED) is 0.804. The van der Waals surface area contributed by atoms with E-state index in [0.29, 0.717) is 31.1 Å². The summed E-state index contributed by atoms with van der Waals surface area (Å²) in [4.78, 5) is 2.45. The number of β-amino-alcohol motifs (C(OH)–C–C–N with tert-alkyl or cyclic N) is 1. The van der Waals surface area contributed by atoms with Crippen LogP contribution in [0.1, 0.15) is 18.1 Å². The first-order valence-electron chi connectivity index (χ1n) is 8.86. The number of sulfone groups is 1. The van der Waals surface area contributed by atoms with Crippen LogP contribution in [0.3, 0.4) is 0 Å². The van der Waals surface area contributed by atoms with Crippen LogP contribution in [0.4, 0.5) is 0 Å². The summed E-state index contributed by atoms with van der Waals surface area (Å²) in [5, 5.41) is 10.1. The number of benzene rings is 2. The highest BCUT2D eigenvalue weighted by Gasteiger charge is 2.32. The van der Waals surface area contributed by atoms with Crippen LogP contribution >= 0.6 is 0 Å². The Hall–Kier alpha value is -1.73. The Bertz CT molecular complexity index is 823. The molecule has 0 aliphatic carbocycles. The maximum atomic E-state index is 12.7. The number of nitrogens with zero attached hydrogens (tertiary/aromatic N) is 1. The largest absolute Gasteiger partial charge is 0.389 e. The van der Waals surface area contributed by atoms with Gasteiger partial charge in [-0.15, -0.1) is 0 Å². The summed E-state index contributed by atoms with van der Waals surface area (Å²) in [6.45, 7) is 4.26. The van der Waals surface area contributed by atoms with E-state index in [-0.39, 0.29) is 11.9 Å². The first kappa shape index (κ1) is 19.0. The van der Waals surface area contributed by atoms with Crippen molar-refractivity contribution in [2.24, 2.45) is 0 Å². The van der Waals surface area contributed by atoms with Crippen LogP contribution in [0, 0.1) is 0 Å². The lowest BCUT2D eigenvalue weighted by Gasteiger charge is -2.18. The molecule has 0 saturated carbocycles. The molecule has 0 spiro atoms. The minimum atomic E-state index is -3.39. The average Bonchev–Trinajstić information content (AvgIpc) is 2.97. The molecule has 1 aliphatic heterocycles. The summed E-state index contributed by atoms with van der Waals surface area (Å²) in [5.74, 6) is -0.0293. The molecule has 3 rings (SSSR count). The number of hydrogen-bond acceptors (Lipinski definition) is 5. The Balaban J connectivity index is 1.75. The Morgan fingerprint density at radius 2 is 1.69 bits per heavy atom. The van der Waals surface area contributed by atoms with Crippen molar-refractivity contribution in [1.29, 1.82) is 0 Å². The number of rotatable bonds is 7. The molecule has 0 unspecified atom stereocenters. The molecule has 26 heavy (non-hydrogen) atoms. The second-order valence-corrected chi connectivity index (χ2v) is 8.59. The van der Waals surface area contributed by atoms with Gasteiger partial charge in [0.05, 0.1) is 22.9 Å². The first-order valence-corrected chi connectivity index (χ1v) is 10.5. The highest BCUT2D eigenvalue weighted by Crippen LogP contribution is 2.22. The molecule has 0 aromatic heterocycles. The van der Waals surface area contributed by atoms with Gasteiger partial charge < -0.3 is 9.84 Å². The highest BCUT2D eigenvalue weighted by atomic mass is 32.2. The van der Waals surface area contributed by atoms with Gasteiger partial charge in [-0.05, 0) is 30.2 Å². The van der Waals surface area contributed by atoms with E-state index < -0.39 is 15.9 Å². The van der Waals surface area contributed by atoms with Crippen molar-refractivity contribution in [2.45, 2.75) is 36.3 Å². The molecule has 5 nitrogen and oxygen atoms in total. The third-order valence-corrected chi connectivity index (χ3v) is 6.33. The SMILES string of the molecule is CCO[C@@H]1CN(Cc2ccccc2CS(=O)(=O)c2ccccc2)C[C@H]1O. The van der Waals surface area contributed by atoms with Crippen LogP contribution in [0.15, 0.2) is 59.5 Å². The Kier molecular flexibility index (Phi) is 6.09. The average molecular weight is 375 g/mol. The zero-order valence-electron chi connectivity index (χ0n) is 14.9. The number of hydrogen-bond donors (Lipinski definition) is 1. The zero-order valence-corrected chi connectivity index (χ0v) is 15.7. The molecular weight excluding hydrogens is 350 g/mol. The topological polar surface area (TPSA) is 66.8 Å². The fraction of sp³-hybridized carbons (Fsp3) is 0.400. The van der Waals surface area contributed by atoms with Crippen LogP contribution in [0.5, 0.6) is 0 Å². The van der Waals surface area contributed by atoms with E-state index in [4.69, 9.17) is 4.74 Å². The standard InChI is InChI=1S/C20H25NO4S/c1-2-25-20-14-21(13-19(20)22)12-16-8-6-7-9-17(16)15-26(23,24)18-10-4-3-5-11-18/h3-11,19-20,22H,2,12-15H2,1H3/t19-,20-/m1/s1. The van der Waals surface area contributed by atoms with E-state index in [1.807, 2.05) is 31.2 Å². The third kappa shape index (κ3) is 4.51. The van der Waals surface area contributed by atoms with Crippen molar-refractivity contribution >= 4 is 9.84 Å². The van der Waals surface area contributed by atoms with Gasteiger partial charge in [0.25, 0.3) is 0 Å². The summed E-state index contributed by atoms with van der Waals surface area (Å²) in [5.41, 5.74) is 1.77. The number of aliphatic hydroxyl groups excluding tert-OH is 1. The molecule has 1 heterocycles. The van der Waals surface area contributed by atoms with Gasteiger partial charge in [-0.25, -0.2) is 8.42 Å². The van der Waals surface area contributed by atoms with E-state index in [2.05, 4.69) is 4.90 Å². The molecule has 2 aromatic carbocycles. The molecule has 1 fully saturated rings. The molecule has 6 heteroatoms. The minimum Gasteiger partial charge on any atom is -0.389 e.